The molecule has 0 aliphatic heterocycles. The largest absolute Gasteiger partial charge is 0.361 e. The maximum absolute atomic E-state index is 11.9. The topological polar surface area (TPSA) is 55.1 Å². The number of carbonyl (C=O) groups excluding carboxylic acids is 1. The summed E-state index contributed by atoms with van der Waals surface area (Å²) < 4.78 is 4.94. The van der Waals surface area contributed by atoms with Gasteiger partial charge in [0.15, 0.2) is 0 Å². The molecule has 0 aliphatic rings. The molecule has 0 radical (unpaired) electrons. The fourth-order valence-corrected chi connectivity index (χ4v) is 1.67. The van der Waals surface area contributed by atoms with E-state index in [1.165, 1.54) is 0 Å². The number of aromatic nitrogens is 1. The molecule has 0 spiro atoms. The van der Waals surface area contributed by atoms with Crippen LogP contribution in [0.4, 0.5) is 0 Å². The lowest BCUT2D eigenvalue weighted by atomic mass is 10.1. The minimum absolute atomic E-state index is 0.0931. The molecule has 1 aromatic carbocycles. The summed E-state index contributed by atoms with van der Waals surface area (Å²) in [6, 6.07) is 9.75. The summed E-state index contributed by atoms with van der Waals surface area (Å²) in [5, 5.41) is 6.51. The van der Waals surface area contributed by atoms with E-state index < -0.39 is 0 Å². The minimum atomic E-state index is -0.0931. The molecule has 2 rings (SSSR count). The Morgan fingerprint density at radius 3 is 2.74 bits per heavy atom. The van der Waals surface area contributed by atoms with Crippen LogP contribution >= 0.6 is 0 Å². The van der Waals surface area contributed by atoms with Gasteiger partial charge in [0.25, 0.3) is 0 Å². The van der Waals surface area contributed by atoms with E-state index >= 15 is 0 Å². The van der Waals surface area contributed by atoms with E-state index in [4.69, 9.17) is 4.52 Å². The van der Waals surface area contributed by atoms with Crippen LogP contribution in [0.2, 0.25) is 0 Å². The molecule has 4 heteroatoms. The molecule has 1 amide bonds. The number of benzene rings is 1. The second kappa shape index (κ2) is 6.00. The van der Waals surface area contributed by atoms with E-state index in [0.717, 1.165) is 16.9 Å². The van der Waals surface area contributed by atoms with Crippen LogP contribution in [0.15, 0.2) is 46.6 Å². The Bertz CT molecular complexity index is 585. The number of amides is 1. The van der Waals surface area contributed by atoms with Crippen molar-refractivity contribution in [2.45, 2.75) is 20.4 Å². The van der Waals surface area contributed by atoms with E-state index in [0.29, 0.717) is 12.1 Å². The summed E-state index contributed by atoms with van der Waals surface area (Å²) in [7, 11) is 0. The van der Waals surface area contributed by atoms with Gasteiger partial charge in [0.1, 0.15) is 5.76 Å². The lowest BCUT2D eigenvalue weighted by Crippen LogP contribution is -2.23. The van der Waals surface area contributed by atoms with E-state index in [1.807, 2.05) is 43.3 Å². The Hall–Kier alpha value is -2.36. The highest BCUT2D eigenvalue weighted by atomic mass is 16.5. The fourth-order valence-electron chi connectivity index (χ4n) is 1.67. The Labute approximate surface area is 112 Å². The van der Waals surface area contributed by atoms with Gasteiger partial charge in [-0.1, -0.05) is 35.5 Å². The van der Waals surface area contributed by atoms with Crippen molar-refractivity contribution in [1.29, 1.82) is 0 Å². The predicted molar refractivity (Wildman–Crippen MR) is 73.2 cm³/mol. The number of hydrogen-bond acceptors (Lipinski definition) is 3. The van der Waals surface area contributed by atoms with Crippen LogP contribution in [0.5, 0.6) is 0 Å². The van der Waals surface area contributed by atoms with Gasteiger partial charge in [-0.25, -0.2) is 0 Å². The first-order chi connectivity index (χ1) is 9.16. The third-order valence-corrected chi connectivity index (χ3v) is 2.83. The highest BCUT2D eigenvalue weighted by Gasteiger charge is 2.07. The average Bonchev–Trinajstić information content (AvgIpc) is 2.82. The molecule has 1 aromatic heterocycles. The maximum atomic E-state index is 11.9. The zero-order valence-electron chi connectivity index (χ0n) is 11.0. The molecule has 4 nitrogen and oxygen atoms in total. The van der Waals surface area contributed by atoms with Crippen LogP contribution in [0, 0.1) is 6.92 Å². The molecule has 98 valence electrons. The summed E-state index contributed by atoms with van der Waals surface area (Å²) in [5.41, 5.74) is 2.57. The molecule has 19 heavy (non-hydrogen) atoms. The molecular weight excluding hydrogens is 240 g/mol. The van der Waals surface area contributed by atoms with Crippen LogP contribution in [-0.2, 0) is 11.3 Å². The number of aryl methyl sites for hydroxylation is 1. The second-order valence-electron chi connectivity index (χ2n) is 4.33. The van der Waals surface area contributed by atoms with Crippen molar-refractivity contribution in [3.8, 4) is 0 Å². The number of nitrogens with zero attached hydrogens (tertiary/aromatic N) is 1. The Morgan fingerprint density at radius 2 is 2.11 bits per heavy atom. The third-order valence-electron chi connectivity index (χ3n) is 2.83. The van der Waals surface area contributed by atoms with E-state index in [-0.39, 0.29) is 5.91 Å². The maximum Gasteiger partial charge on any atom is 0.247 e. The molecule has 1 N–H and O–H groups in total. The van der Waals surface area contributed by atoms with Crippen LogP contribution in [0.1, 0.15) is 23.8 Å². The number of nitrogens with one attached hydrogen (secondary N) is 1. The Balaban J connectivity index is 1.97. The monoisotopic (exact) mass is 256 g/mol. The zero-order valence-corrected chi connectivity index (χ0v) is 11.0. The predicted octanol–water partition coefficient (Wildman–Crippen LogP) is 2.70. The molecule has 0 saturated carbocycles. The molecular formula is C15H16N2O2. The van der Waals surface area contributed by atoms with Crippen molar-refractivity contribution in [1.82, 2.24) is 10.5 Å². The fraction of sp³-hybridized carbons (Fsp3) is 0.200. The number of hydrogen-bond donors (Lipinski definition) is 1. The van der Waals surface area contributed by atoms with Crippen molar-refractivity contribution in [3.05, 3.63) is 59.0 Å². The normalized spacial score (nSPS) is 11.4. The van der Waals surface area contributed by atoms with Crippen LogP contribution < -0.4 is 5.32 Å². The molecule has 0 aliphatic carbocycles. The third kappa shape index (κ3) is 3.55. The number of rotatable bonds is 4. The summed E-state index contributed by atoms with van der Waals surface area (Å²) >= 11 is 0. The van der Waals surface area contributed by atoms with E-state index in [9.17, 15) is 4.79 Å². The second-order valence-corrected chi connectivity index (χ2v) is 4.33. The van der Waals surface area contributed by atoms with Gasteiger partial charge in [-0.3, -0.25) is 4.79 Å². The van der Waals surface area contributed by atoms with Crippen molar-refractivity contribution in [2.24, 2.45) is 0 Å². The Morgan fingerprint density at radius 1 is 1.37 bits per heavy atom. The minimum Gasteiger partial charge on any atom is -0.361 e. The van der Waals surface area contributed by atoms with Gasteiger partial charge >= 0.3 is 0 Å². The molecule has 0 unspecified atom stereocenters. The molecule has 1 heterocycles. The van der Waals surface area contributed by atoms with Crippen LogP contribution in [0.3, 0.4) is 0 Å². The average molecular weight is 256 g/mol. The smallest absolute Gasteiger partial charge is 0.247 e. The van der Waals surface area contributed by atoms with Gasteiger partial charge in [-0.15, -0.1) is 0 Å². The summed E-state index contributed by atoms with van der Waals surface area (Å²) in [6.45, 7) is 4.04. The lowest BCUT2D eigenvalue weighted by molar-refractivity contribution is -0.117. The van der Waals surface area contributed by atoms with Crippen molar-refractivity contribution >= 4 is 12.0 Å². The summed E-state index contributed by atoms with van der Waals surface area (Å²) in [6.07, 6.45) is 3.47. The molecule has 0 fully saturated rings. The van der Waals surface area contributed by atoms with Crippen LogP contribution in [-0.4, -0.2) is 11.1 Å². The first-order valence-corrected chi connectivity index (χ1v) is 6.08. The van der Waals surface area contributed by atoms with Gasteiger partial charge in [0, 0.05) is 17.7 Å². The SMILES string of the molecule is CC(=Cc1ccccc1)C(=O)NCc1cnoc1C. The zero-order chi connectivity index (χ0) is 13.7. The molecule has 0 atom stereocenters. The molecule has 0 saturated heterocycles. The van der Waals surface area contributed by atoms with Gasteiger partial charge in [-0.2, -0.15) is 0 Å². The van der Waals surface area contributed by atoms with Crippen molar-refractivity contribution in [3.63, 3.8) is 0 Å². The molecule has 0 bridgehead atoms. The van der Waals surface area contributed by atoms with E-state index in [2.05, 4.69) is 10.5 Å². The van der Waals surface area contributed by atoms with Gasteiger partial charge < -0.3 is 9.84 Å². The van der Waals surface area contributed by atoms with Crippen molar-refractivity contribution in [2.75, 3.05) is 0 Å². The summed E-state index contributed by atoms with van der Waals surface area (Å²) in [4.78, 5) is 11.9. The first kappa shape index (κ1) is 13.1. The molecule has 2 aromatic rings. The standard InChI is InChI=1S/C15H16N2O2/c1-11(8-13-6-4-3-5-7-13)15(18)16-9-14-10-17-19-12(14)2/h3-8,10H,9H2,1-2H3,(H,16,18). The summed E-state index contributed by atoms with van der Waals surface area (Å²) in [5.74, 6) is 0.634. The van der Waals surface area contributed by atoms with Gasteiger partial charge in [-0.05, 0) is 25.5 Å². The van der Waals surface area contributed by atoms with Gasteiger partial charge in [0.2, 0.25) is 5.91 Å². The van der Waals surface area contributed by atoms with E-state index in [1.54, 1.807) is 13.1 Å². The highest BCUT2D eigenvalue weighted by Crippen LogP contribution is 2.08. The van der Waals surface area contributed by atoms with Gasteiger partial charge in [0.05, 0.1) is 6.20 Å². The first-order valence-electron chi connectivity index (χ1n) is 6.08. The highest BCUT2D eigenvalue weighted by molar-refractivity contribution is 5.97. The quantitative estimate of drug-likeness (QED) is 0.856. The lowest BCUT2D eigenvalue weighted by Gasteiger charge is -2.04. The Kier molecular flexibility index (Phi) is 4.13. The van der Waals surface area contributed by atoms with Crippen LogP contribution in [0.25, 0.3) is 6.08 Å². The number of carbonyl (C=O) groups is 1. The van der Waals surface area contributed by atoms with Crippen molar-refractivity contribution < 1.29 is 9.32 Å².